The van der Waals surface area contributed by atoms with Gasteiger partial charge in [0, 0.05) is 12.5 Å². The Kier molecular flexibility index (Phi) is 9.59. The molecule has 0 saturated carbocycles. The van der Waals surface area contributed by atoms with E-state index in [0.717, 1.165) is 38.8 Å². The van der Waals surface area contributed by atoms with Gasteiger partial charge < -0.3 is 11.1 Å². The molecular weight excluding hydrogens is 188 g/mol. The standard InChI is InChI=1S/C12H26N2O/c1-3-4-7-10-14-12(15)11(2)8-5-6-9-13/h11H,3-10,13H2,1-2H3,(H,14,15). The molecule has 0 bridgehead atoms. The lowest BCUT2D eigenvalue weighted by Crippen LogP contribution is -2.30. The molecule has 0 heterocycles. The van der Waals surface area contributed by atoms with Crippen molar-refractivity contribution in [2.45, 2.75) is 52.4 Å². The Balaban J connectivity index is 3.42. The van der Waals surface area contributed by atoms with Crippen LogP contribution in [-0.4, -0.2) is 19.0 Å². The summed E-state index contributed by atoms with van der Waals surface area (Å²) < 4.78 is 0. The highest BCUT2D eigenvalue weighted by Crippen LogP contribution is 2.07. The van der Waals surface area contributed by atoms with E-state index < -0.39 is 0 Å². The Morgan fingerprint density at radius 1 is 1.27 bits per heavy atom. The first kappa shape index (κ1) is 14.4. The molecule has 0 radical (unpaired) electrons. The van der Waals surface area contributed by atoms with Crippen LogP contribution in [0, 0.1) is 5.92 Å². The molecular formula is C12H26N2O. The quantitative estimate of drug-likeness (QED) is 0.577. The average molecular weight is 214 g/mol. The van der Waals surface area contributed by atoms with Crippen molar-refractivity contribution >= 4 is 5.91 Å². The summed E-state index contributed by atoms with van der Waals surface area (Å²) in [5.74, 6) is 0.335. The lowest BCUT2D eigenvalue weighted by molar-refractivity contribution is -0.124. The number of unbranched alkanes of at least 4 members (excludes halogenated alkanes) is 3. The summed E-state index contributed by atoms with van der Waals surface area (Å²) in [5.41, 5.74) is 5.40. The number of nitrogens with two attached hydrogens (primary N) is 1. The van der Waals surface area contributed by atoms with Gasteiger partial charge in [0.05, 0.1) is 0 Å². The molecule has 0 saturated heterocycles. The summed E-state index contributed by atoms with van der Waals surface area (Å²) in [7, 11) is 0. The van der Waals surface area contributed by atoms with Crippen molar-refractivity contribution < 1.29 is 4.79 Å². The first-order valence-corrected chi connectivity index (χ1v) is 6.20. The topological polar surface area (TPSA) is 55.1 Å². The molecule has 1 amide bonds. The third-order valence-corrected chi connectivity index (χ3v) is 2.62. The van der Waals surface area contributed by atoms with Gasteiger partial charge in [0.25, 0.3) is 0 Å². The predicted octanol–water partition coefficient (Wildman–Crippen LogP) is 2.06. The van der Waals surface area contributed by atoms with Crippen LogP contribution >= 0.6 is 0 Å². The molecule has 3 N–H and O–H groups in total. The van der Waals surface area contributed by atoms with Crippen molar-refractivity contribution in [3.8, 4) is 0 Å². The Bertz CT molecular complexity index is 160. The molecule has 1 atom stereocenters. The number of hydrogen-bond donors (Lipinski definition) is 2. The molecule has 0 aromatic heterocycles. The van der Waals surface area contributed by atoms with Crippen LogP contribution in [0.15, 0.2) is 0 Å². The van der Waals surface area contributed by atoms with E-state index in [1.165, 1.54) is 12.8 Å². The first-order chi connectivity index (χ1) is 7.22. The summed E-state index contributed by atoms with van der Waals surface area (Å²) in [4.78, 5) is 11.6. The van der Waals surface area contributed by atoms with Crippen LogP contribution in [0.3, 0.4) is 0 Å². The van der Waals surface area contributed by atoms with Gasteiger partial charge in [-0.3, -0.25) is 4.79 Å². The second kappa shape index (κ2) is 9.97. The maximum absolute atomic E-state index is 11.6. The van der Waals surface area contributed by atoms with Gasteiger partial charge >= 0.3 is 0 Å². The van der Waals surface area contributed by atoms with E-state index >= 15 is 0 Å². The molecule has 0 aliphatic rings. The molecule has 1 unspecified atom stereocenters. The first-order valence-electron chi connectivity index (χ1n) is 6.20. The molecule has 0 aromatic carbocycles. The van der Waals surface area contributed by atoms with Gasteiger partial charge in [-0.05, 0) is 25.8 Å². The highest BCUT2D eigenvalue weighted by atomic mass is 16.1. The fraction of sp³-hybridized carbons (Fsp3) is 0.917. The molecule has 0 aliphatic carbocycles. The van der Waals surface area contributed by atoms with E-state index in [0.29, 0.717) is 0 Å². The summed E-state index contributed by atoms with van der Waals surface area (Å²) in [6.45, 7) is 5.71. The SMILES string of the molecule is CCCCCNC(=O)C(C)CCCCN. The van der Waals surface area contributed by atoms with Crippen LogP contribution in [0.5, 0.6) is 0 Å². The van der Waals surface area contributed by atoms with E-state index in [2.05, 4.69) is 12.2 Å². The largest absolute Gasteiger partial charge is 0.356 e. The van der Waals surface area contributed by atoms with Crippen molar-refractivity contribution in [3.05, 3.63) is 0 Å². The van der Waals surface area contributed by atoms with Gasteiger partial charge in [0.1, 0.15) is 0 Å². The second-order valence-corrected chi connectivity index (χ2v) is 4.18. The maximum Gasteiger partial charge on any atom is 0.222 e. The van der Waals surface area contributed by atoms with E-state index in [1.54, 1.807) is 0 Å². The Labute approximate surface area is 93.8 Å². The van der Waals surface area contributed by atoms with E-state index in [4.69, 9.17) is 5.73 Å². The molecule has 3 heteroatoms. The number of amides is 1. The summed E-state index contributed by atoms with van der Waals surface area (Å²) in [6, 6.07) is 0. The number of carbonyl (C=O) groups excluding carboxylic acids is 1. The minimum atomic E-state index is 0.137. The molecule has 0 spiro atoms. The number of carbonyl (C=O) groups is 1. The predicted molar refractivity (Wildman–Crippen MR) is 64.6 cm³/mol. The van der Waals surface area contributed by atoms with Crippen molar-refractivity contribution in [1.82, 2.24) is 5.32 Å². The van der Waals surface area contributed by atoms with Crippen LogP contribution in [0.4, 0.5) is 0 Å². The van der Waals surface area contributed by atoms with Crippen molar-refractivity contribution in [2.75, 3.05) is 13.1 Å². The normalized spacial score (nSPS) is 12.5. The summed E-state index contributed by atoms with van der Waals surface area (Å²) in [5, 5.41) is 2.97. The van der Waals surface area contributed by atoms with Gasteiger partial charge in [-0.1, -0.05) is 33.1 Å². The maximum atomic E-state index is 11.6. The third kappa shape index (κ3) is 8.43. The van der Waals surface area contributed by atoms with Gasteiger partial charge in [0.2, 0.25) is 5.91 Å². The van der Waals surface area contributed by atoms with Crippen LogP contribution in [0.2, 0.25) is 0 Å². The van der Waals surface area contributed by atoms with E-state index in [1.807, 2.05) is 6.92 Å². The molecule has 15 heavy (non-hydrogen) atoms. The minimum Gasteiger partial charge on any atom is -0.356 e. The molecule has 0 fully saturated rings. The van der Waals surface area contributed by atoms with Crippen LogP contribution in [0.25, 0.3) is 0 Å². The zero-order chi connectivity index (χ0) is 11.5. The van der Waals surface area contributed by atoms with E-state index in [9.17, 15) is 4.79 Å². The molecule has 3 nitrogen and oxygen atoms in total. The smallest absolute Gasteiger partial charge is 0.222 e. The van der Waals surface area contributed by atoms with Gasteiger partial charge in [-0.2, -0.15) is 0 Å². The van der Waals surface area contributed by atoms with Crippen molar-refractivity contribution in [1.29, 1.82) is 0 Å². The minimum absolute atomic E-state index is 0.137. The Hall–Kier alpha value is -0.570. The number of nitrogens with one attached hydrogen (secondary N) is 1. The summed E-state index contributed by atoms with van der Waals surface area (Å²) >= 11 is 0. The van der Waals surface area contributed by atoms with Crippen LogP contribution in [0.1, 0.15) is 52.4 Å². The zero-order valence-electron chi connectivity index (χ0n) is 10.2. The van der Waals surface area contributed by atoms with Crippen LogP contribution in [-0.2, 0) is 4.79 Å². The Morgan fingerprint density at radius 2 is 2.00 bits per heavy atom. The number of rotatable bonds is 9. The fourth-order valence-electron chi connectivity index (χ4n) is 1.49. The third-order valence-electron chi connectivity index (χ3n) is 2.62. The fourth-order valence-corrected chi connectivity index (χ4v) is 1.49. The highest BCUT2D eigenvalue weighted by Gasteiger charge is 2.10. The second-order valence-electron chi connectivity index (χ2n) is 4.18. The molecule has 0 aliphatic heterocycles. The zero-order valence-corrected chi connectivity index (χ0v) is 10.2. The van der Waals surface area contributed by atoms with Gasteiger partial charge in [-0.25, -0.2) is 0 Å². The van der Waals surface area contributed by atoms with Crippen LogP contribution < -0.4 is 11.1 Å². The molecule has 90 valence electrons. The average Bonchev–Trinajstić information content (AvgIpc) is 2.24. The highest BCUT2D eigenvalue weighted by molar-refractivity contribution is 5.78. The lowest BCUT2D eigenvalue weighted by atomic mass is 10.0. The van der Waals surface area contributed by atoms with Gasteiger partial charge in [-0.15, -0.1) is 0 Å². The molecule has 0 rings (SSSR count). The summed E-state index contributed by atoms with van der Waals surface area (Å²) in [6.07, 6.45) is 6.52. The lowest BCUT2D eigenvalue weighted by Gasteiger charge is -2.11. The van der Waals surface area contributed by atoms with Gasteiger partial charge in [0.15, 0.2) is 0 Å². The van der Waals surface area contributed by atoms with Crippen molar-refractivity contribution in [3.63, 3.8) is 0 Å². The Morgan fingerprint density at radius 3 is 2.60 bits per heavy atom. The van der Waals surface area contributed by atoms with Crippen molar-refractivity contribution in [2.24, 2.45) is 11.7 Å². The van der Waals surface area contributed by atoms with E-state index in [-0.39, 0.29) is 11.8 Å². The molecule has 0 aromatic rings. The monoisotopic (exact) mass is 214 g/mol. The number of hydrogen-bond acceptors (Lipinski definition) is 2.